The Hall–Kier alpha value is -3.95. The Balaban J connectivity index is 1.79. The molecule has 43 heavy (non-hydrogen) atoms. The van der Waals surface area contributed by atoms with Crippen molar-refractivity contribution >= 4 is 43.5 Å². The van der Waals surface area contributed by atoms with Crippen LogP contribution >= 0.6 is 15.9 Å². The van der Waals surface area contributed by atoms with Gasteiger partial charge in [0.15, 0.2) is 0 Å². The molecule has 0 saturated heterocycles. The number of benzene rings is 4. The lowest BCUT2D eigenvalue weighted by Crippen LogP contribution is -2.54. The van der Waals surface area contributed by atoms with Crippen LogP contribution in [0.1, 0.15) is 30.5 Å². The minimum atomic E-state index is -4.12. The summed E-state index contributed by atoms with van der Waals surface area (Å²) < 4.78 is 30.0. The molecule has 2 amide bonds. The van der Waals surface area contributed by atoms with Crippen LogP contribution in [0.3, 0.4) is 0 Å². The van der Waals surface area contributed by atoms with E-state index in [1.54, 1.807) is 42.5 Å². The molecule has 1 unspecified atom stereocenters. The Bertz CT molecular complexity index is 1610. The topological polar surface area (TPSA) is 86.8 Å². The highest BCUT2D eigenvalue weighted by molar-refractivity contribution is 9.10. The average Bonchev–Trinajstić information content (AvgIpc) is 2.99. The van der Waals surface area contributed by atoms with Gasteiger partial charge >= 0.3 is 0 Å². The fourth-order valence-electron chi connectivity index (χ4n) is 4.68. The van der Waals surface area contributed by atoms with Crippen LogP contribution in [-0.4, -0.2) is 43.8 Å². The van der Waals surface area contributed by atoms with E-state index in [-0.39, 0.29) is 29.8 Å². The van der Waals surface area contributed by atoms with Gasteiger partial charge in [0, 0.05) is 23.5 Å². The molecule has 4 rings (SSSR count). The van der Waals surface area contributed by atoms with E-state index in [9.17, 15) is 18.0 Å². The number of rotatable bonds is 12. The minimum absolute atomic E-state index is 0.0706. The maximum Gasteiger partial charge on any atom is 0.264 e. The molecule has 224 valence electrons. The van der Waals surface area contributed by atoms with Crippen LogP contribution in [0.15, 0.2) is 119 Å². The lowest BCUT2D eigenvalue weighted by Gasteiger charge is -2.34. The Morgan fingerprint density at radius 2 is 1.37 bits per heavy atom. The van der Waals surface area contributed by atoms with E-state index in [1.807, 2.05) is 75.4 Å². The summed E-state index contributed by atoms with van der Waals surface area (Å²) in [5.74, 6) is -0.806. The highest BCUT2D eigenvalue weighted by Crippen LogP contribution is 2.25. The fraction of sp³-hybridized carbons (Fsp3) is 0.235. The Morgan fingerprint density at radius 3 is 1.95 bits per heavy atom. The van der Waals surface area contributed by atoms with E-state index in [0.717, 1.165) is 25.5 Å². The molecule has 0 aliphatic carbocycles. The van der Waals surface area contributed by atoms with Crippen molar-refractivity contribution in [3.8, 4) is 0 Å². The number of carbonyl (C=O) groups excluding carboxylic acids is 2. The molecule has 0 aromatic heterocycles. The Labute approximate surface area is 262 Å². The zero-order chi connectivity index (χ0) is 31.0. The van der Waals surface area contributed by atoms with Crippen molar-refractivity contribution in [3.63, 3.8) is 0 Å². The number of hydrogen-bond donors (Lipinski definition) is 1. The van der Waals surface area contributed by atoms with E-state index in [0.29, 0.717) is 5.69 Å². The smallest absolute Gasteiger partial charge is 0.264 e. The second kappa shape index (κ2) is 14.5. The summed E-state index contributed by atoms with van der Waals surface area (Å²) in [5, 5.41) is 2.97. The third-order valence-corrected chi connectivity index (χ3v) is 9.22. The van der Waals surface area contributed by atoms with Crippen LogP contribution in [0.5, 0.6) is 0 Å². The van der Waals surface area contributed by atoms with E-state index in [2.05, 4.69) is 21.2 Å². The molecule has 1 N–H and O–H groups in total. The van der Waals surface area contributed by atoms with Gasteiger partial charge in [-0.25, -0.2) is 8.42 Å². The van der Waals surface area contributed by atoms with Crippen LogP contribution in [0, 0.1) is 6.92 Å². The summed E-state index contributed by atoms with van der Waals surface area (Å²) in [5.41, 5.74) is 3.00. The number of sulfonamides is 1. The first-order valence-electron chi connectivity index (χ1n) is 14.1. The molecule has 0 bridgehead atoms. The van der Waals surface area contributed by atoms with Crippen molar-refractivity contribution in [1.82, 2.24) is 10.2 Å². The van der Waals surface area contributed by atoms with Gasteiger partial charge in [0.1, 0.15) is 12.6 Å². The van der Waals surface area contributed by atoms with Gasteiger partial charge in [0.05, 0.1) is 10.6 Å². The van der Waals surface area contributed by atoms with E-state index in [4.69, 9.17) is 0 Å². The second-order valence-corrected chi connectivity index (χ2v) is 13.5. The predicted octanol–water partition coefficient (Wildman–Crippen LogP) is 6.12. The summed E-state index contributed by atoms with van der Waals surface area (Å²) in [6, 6.07) is 31.0. The van der Waals surface area contributed by atoms with Gasteiger partial charge in [-0.2, -0.15) is 0 Å². The molecular weight excluding hydrogens is 626 g/mol. The number of nitrogens with one attached hydrogen (secondary N) is 1. The van der Waals surface area contributed by atoms with Gasteiger partial charge in [-0.15, -0.1) is 0 Å². The minimum Gasteiger partial charge on any atom is -0.352 e. The van der Waals surface area contributed by atoms with Crippen LogP contribution in [-0.2, 0) is 32.6 Å². The number of halogens is 1. The van der Waals surface area contributed by atoms with Gasteiger partial charge in [-0.3, -0.25) is 13.9 Å². The van der Waals surface area contributed by atoms with Crippen LogP contribution < -0.4 is 9.62 Å². The summed E-state index contributed by atoms with van der Waals surface area (Å²) in [6.45, 7) is 5.26. The van der Waals surface area contributed by atoms with Crippen LogP contribution in [0.2, 0.25) is 0 Å². The fourth-order valence-corrected chi connectivity index (χ4v) is 6.38. The third-order valence-electron chi connectivity index (χ3n) is 6.90. The maximum atomic E-state index is 14.4. The molecule has 4 aromatic rings. The highest BCUT2D eigenvalue weighted by Gasteiger charge is 2.34. The zero-order valence-corrected chi connectivity index (χ0v) is 26.9. The van der Waals surface area contributed by atoms with Gasteiger partial charge in [-0.1, -0.05) is 94.3 Å². The first-order chi connectivity index (χ1) is 20.5. The molecular formula is C34H36BrN3O4S. The van der Waals surface area contributed by atoms with Gasteiger partial charge < -0.3 is 10.2 Å². The lowest BCUT2D eigenvalue weighted by molar-refractivity contribution is -0.140. The van der Waals surface area contributed by atoms with Crippen molar-refractivity contribution in [2.75, 3.05) is 10.8 Å². The number of nitrogens with zero attached hydrogens (tertiary/aromatic N) is 2. The van der Waals surface area contributed by atoms with Gasteiger partial charge in [0.2, 0.25) is 11.8 Å². The normalized spacial score (nSPS) is 12.0. The Morgan fingerprint density at radius 1 is 0.791 bits per heavy atom. The van der Waals surface area contributed by atoms with E-state index in [1.165, 1.54) is 17.0 Å². The molecule has 0 radical (unpaired) electrons. The van der Waals surface area contributed by atoms with Crippen molar-refractivity contribution in [2.45, 2.75) is 50.7 Å². The summed E-state index contributed by atoms with van der Waals surface area (Å²) in [4.78, 5) is 29.7. The zero-order valence-electron chi connectivity index (χ0n) is 24.5. The molecule has 1 atom stereocenters. The number of amides is 2. The quantitative estimate of drug-likeness (QED) is 0.198. The highest BCUT2D eigenvalue weighted by atomic mass is 79.9. The van der Waals surface area contributed by atoms with Crippen molar-refractivity contribution in [1.29, 1.82) is 0 Å². The number of carbonyl (C=O) groups is 2. The Kier molecular flexibility index (Phi) is 10.8. The number of aryl methyl sites for hydroxylation is 1. The first kappa shape index (κ1) is 32.0. The SMILES string of the molecule is Cc1ccc(N(CC(=O)N(Cc2ccc(Br)cc2)C(Cc2ccccc2)C(=O)NC(C)C)S(=O)(=O)c2ccccc2)cc1. The molecule has 0 spiro atoms. The molecule has 0 saturated carbocycles. The molecule has 9 heteroatoms. The van der Waals surface area contributed by atoms with Crippen molar-refractivity contribution in [2.24, 2.45) is 0 Å². The molecule has 7 nitrogen and oxygen atoms in total. The molecule has 0 fully saturated rings. The molecule has 0 aliphatic rings. The number of hydrogen-bond acceptors (Lipinski definition) is 4. The lowest BCUT2D eigenvalue weighted by atomic mass is 10.0. The van der Waals surface area contributed by atoms with Gasteiger partial charge in [-0.05, 0) is 68.3 Å². The molecule has 0 heterocycles. The summed E-state index contributed by atoms with van der Waals surface area (Å²) in [7, 11) is -4.12. The maximum absolute atomic E-state index is 14.4. The standard InChI is InChI=1S/C34H36BrN3O4S/c1-25(2)36-34(40)32(22-27-10-6-4-7-11-27)37(23-28-16-18-29(35)19-17-28)33(39)24-38(30-20-14-26(3)15-21-30)43(41,42)31-12-8-5-9-13-31/h4-21,25,32H,22-24H2,1-3H3,(H,36,40). The number of anilines is 1. The van der Waals surface area contributed by atoms with E-state index >= 15 is 0 Å². The van der Waals surface area contributed by atoms with Crippen molar-refractivity contribution < 1.29 is 18.0 Å². The van der Waals surface area contributed by atoms with E-state index < -0.39 is 28.5 Å². The summed E-state index contributed by atoms with van der Waals surface area (Å²) >= 11 is 3.45. The molecule has 4 aromatic carbocycles. The largest absolute Gasteiger partial charge is 0.352 e. The van der Waals surface area contributed by atoms with Crippen molar-refractivity contribution in [3.05, 3.63) is 130 Å². The third kappa shape index (κ3) is 8.55. The monoisotopic (exact) mass is 661 g/mol. The molecule has 0 aliphatic heterocycles. The van der Waals surface area contributed by atoms with Crippen LogP contribution in [0.4, 0.5) is 5.69 Å². The predicted molar refractivity (Wildman–Crippen MR) is 174 cm³/mol. The summed E-state index contributed by atoms with van der Waals surface area (Å²) in [6.07, 6.45) is 0.262. The second-order valence-electron chi connectivity index (χ2n) is 10.7. The first-order valence-corrected chi connectivity index (χ1v) is 16.3. The van der Waals surface area contributed by atoms with Gasteiger partial charge in [0.25, 0.3) is 10.0 Å². The average molecular weight is 663 g/mol. The van der Waals surface area contributed by atoms with Crippen LogP contribution in [0.25, 0.3) is 0 Å².